The highest BCUT2D eigenvalue weighted by molar-refractivity contribution is 5.83. The summed E-state index contributed by atoms with van der Waals surface area (Å²) in [4.78, 5) is 29.0. The first-order valence-electron chi connectivity index (χ1n) is 6.60. The summed E-state index contributed by atoms with van der Waals surface area (Å²) in [6.07, 6.45) is 0. The second-order valence-electron chi connectivity index (χ2n) is 4.47. The molecule has 0 aliphatic heterocycles. The third-order valence-corrected chi connectivity index (χ3v) is 3.08. The molecule has 0 saturated heterocycles. The lowest BCUT2D eigenvalue weighted by Crippen LogP contribution is -2.44. The molecule has 1 aromatic rings. The monoisotopic (exact) mass is 311 g/mol. The number of methoxy groups -OCH3 is 1. The zero-order valence-electron chi connectivity index (χ0n) is 12.8. The van der Waals surface area contributed by atoms with Crippen LogP contribution in [0.15, 0.2) is 24.3 Å². The van der Waals surface area contributed by atoms with Crippen LogP contribution in [-0.4, -0.2) is 56.4 Å². The van der Waals surface area contributed by atoms with Gasteiger partial charge in [-0.3, -0.25) is 9.63 Å². The van der Waals surface area contributed by atoms with Gasteiger partial charge < -0.3 is 20.1 Å². The number of carbonyl (C=O) groups excluding carboxylic acids is 2. The Labute approximate surface area is 129 Å². The van der Waals surface area contributed by atoms with Crippen molar-refractivity contribution in [3.8, 4) is 5.75 Å². The molecular formula is C14H21N3O5. The van der Waals surface area contributed by atoms with Crippen molar-refractivity contribution in [3.05, 3.63) is 29.8 Å². The van der Waals surface area contributed by atoms with E-state index in [2.05, 4.69) is 15.6 Å². The lowest BCUT2D eigenvalue weighted by atomic mass is 10.1. The number of hydrogen-bond acceptors (Lipinski definition) is 5. The van der Waals surface area contributed by atoms with E-state index in [9.17, 15) is 14.7 Å². The molecule has 3 amide bonds. The molecule has 0 heterocycles. The number of benzene rings is 1. The van der Waals surface area contributed by atoms with Crippen LogP contribution in [0.25, 0.3) is 0 Å². The third-order valence-electron chi connectivity index (χ3n) is 3.08. The molecule has 8 heteroatoms. The average Bonchev–Trinajstić information content (AvgIpc) is 2.54. The Morgan fingerprint density at radius 3 is 2.41 bits per heavy atom. The lowest BCUT2D eigenvalue weighted by Gasteiger charge is -2.27. The summed E-state index contributed by atoms with van der Waals surface area (Å²) in [5.74, 6) is 0.207. The molecule has 1 aromatic carbocycles. The summed E-state index contributed by atoms with van der Waals surface area (Å²) in [6, 6.07) is 6.01. The summed E-state index contributed by atoms with van der Waals surface area (Å²) >= 11 is 0. The number of hydroxylamine groups is 1. The van der Waals surface area contributed by atoms with Gasteiger partial charge in [0.2, 0.25) is 0 Å². The van der Waals surface area contributed by atoms with E-state index in [0.29, 0.717) is 5.75 Å². The molecule has 122 valence electrons. The SMILES string of the molecule is CONC(=O)CNC(=O)N(C)C(CO)c1ccc(OC)cc1. The Bertz CT molecular complexity index is 492. The van der Waals surface area contributed by atoms with E-state index >= 15 is 0 Å². The number of nitrogens with one attached hydrogen (secondary N) is 2. The molecule has 8 nitrogen and oxygen atoms in total. The van der Waals surface area contributed by atoms with Crippen molar-refractivity contribution < 1.29 is 24.3 Å². The number of aliphatic hydroxyl groups excluding tert-OH is 1. The molecular weight excluding hydrogens is 290 g/mol. The van der Waals surface area contributed by atoms with E-state index in [1.54, 1.807) is 31.4 Å². The maximum atomic E-state index is 12.0. The number of rotatable bonds is 7. The molecule has 0 aliphatic carbocycles. The first-order valence-corrected chi connectivity index (χ1v) is 6.60. The van der Waals surface area contributed by atoms with Crippen molar-refractivity contribution in [1.29, 1.82) is 0 Å². The van der Waals surface area contributed by atoms with Gasteiger partial charge in [-0.2, -0.15) is 0 Å². The number of aliphatic hydroxyl groups is 1. The van der Waals surface area contributed by atoms with Gasteiger partial charge in [-0.1, -0.05) is 12.1 Å². The molecule has 0 fully saturated rings. The van der Waals surface area contributed by atoms with Crippen LogP contribution >= 0.6 is 0 Å². The minimum atomic E-state index is -0.531. The second kappa shape index (κ2) is 8.85. The number of carbonyl (C=O) groups is 2. The smallest absolute Gasteiger partial charge is 0.318 e. The summed E-state index contributed by atoms with van der Waals surface area (Å²) < 4.78 is 5.07. The van der Waals surface area contributed by atoms with Gasteiger partial charge in [0.05, 0.1) is 26.9 Å². The van der Waals surface area contributed by atoms with Crippen LogP contribution in [0.5, 0.6) is 5.75 Å². The molecule has 0 aliphatic rings. The molecule has 0 aromatic heterocycles. The number of ether oxygens (including phenoxy) is 1. The van der Waals surface area contributed by atoms with Crippen molar-refractivity contribution in [2.75, 3.05) is 34.4 Å². The maximum absolute atomic E-state index is 12.0. The van der Waals surface area contributed by atoms with Gasteiger partial charge in [-0.25, -0.2) is 10.3 Å². The van der Waals surface area contributed by atoms with E-state index in [4.69, 9.17) is 4.74 Å². The molecule has 0 bridgehead atoms. The molecule has 22 heavy (non-hydrogen) atoms. The Balaban J connectivity index is 2.67. The first-order chi connectivity index (χ1) is 10.5. The fraction of sp³-hybridized carbons (Fsp3) is 0.429. The van der Waals surface area contributed by atoms with E-state index in [1.807, 2.05) is 0 Å². The summed E-state index contributed by atoms with van der Waals surface area (Å²) in [7, 11) is 4.40. The van der Waals surface area contributed by atoms with Crippen LogP contribution in [0, 0.1) is 0 Å². The fourth-order valence-corrected chi connectivity index (χ4v) is 1.85. The largest absolute Gasteiger partial charge is 0.497 e. The second-order valence-corrected chi connectivity index (χ2v) is 4.47. The molecule has 1 atom stereocenters. The Morgan fingerprint density at radius 2 is 1.91 bits per heavy atom. The van der Waals surface area contributed by atoms with E-state index in [0.717, 1.165) is 5.56 Å². The number of hydrogen-bond donors (Lipinski definition) is 3. The van der Waals surface area contributed by atoms with Crippen LogP contribution in [0.2, 0.25) is 0 Å². The zero-order chi connectivity index (χ0) is 16.5. The normalized spacial score (nSPS) is 11.5. The average molecular weight is 311 g/mol. The van der Waals surface area contributed by atoms with Crippen molar-refractivity contribution in [3.63, 3.8) is 0 Å². The van der Waals surface area contributed by atoms with Gasteiger partial charge in [-0.05, 0) is 17.7 Å². The van der Waals surface area contributed by atoms with Crippen LogP contribution < -0.4 is 15.5 Å². The van der Waals surface area contributed by atoms with Crippen LogP contribution in [0.3, 0.4) is 0 Å². The highest BCUT2D eigenvalue weighted by Gasteiger charge is 2.21. The first kappa shape index (κ1) is 17.7. The minimum Gasteiger partial charge on any atom is -0.497 e. The zero-order valence-corrected chi connectivity index (χ0v) is 12.8. The molecule has 0 radical (unpaired) electrons. The Hall–Kier alpha value is -2.32. The van der Waals surface area contributed by atoms with Gasteiger partial charge in [0.25, 0.3) is 5.91 Å². The Kier molecular flexibility index (Phi) is 7.14. The van der Waals surface area contributed by atoms with Gasteiger partial charge in [-0.15, -0.1) is 0 Å². The van der Waals surface area contributed by atoms with Gasteiger partial charge >= 0.3 is 6.03 Å². The lowest BCUT2D eigenvalue weighted by molar-refractivity contribution is -0.130. The molecule has 3 N–H and O–H groups in total. The predicted octanol–water partition coefficient (Wildman–Crippen LogP) is 0.0476. The topological polar surface area (TPSA) is 100 Å². The standard InChI is InChI=1S/C14H21N3O5/c1-17(14(20)15-8-13(19)16-22-3)12(9-18)10-4-6-11(21-2)7-5-10/h4-7,12,18H,8-9H2,1-3H3,(H,15,20)(H,16,19). The van der Waals surface area contributed by atoms with Crippen LogP contribution in [-0.2, 0) is 9.63 Å². The van der Waals surface area contributed by atoms with Crippen LogP contribution in [0.1, 0.15) is 11.6 Å². The van der Waals surface area contributed by atoms with Crippen molar-refractivity contribution in [1.82, 2.24) is 15.7 Å². The summed E-state index contributed by atoms with van der Waals surface area (Å²) in [6.45, 7) is -0.474. The highest BCUT2D eigenvalue weighted by Crippen LogP contribution is 2.21. The van der Waals surface area contributed by atoms with Crippen LogP contribution in [0.4, 0.5) is 4.79 Å². The van der Waals surface area contributed by atoms with Crippen molar-refractivity contribution >= 4 is 11.9 Å². The number of nitrogens with zero attached hydrogens (tertiary/aromatic N) is 1. The van der Waals surface area contributed by atoms with E-state index in [-0.39, 0.29) is 13.2 Å². The number of likely N-dealkylation sites (N-methyl/N-ethyl adjacent to an activating group) is 1. The molecule has 0 saturated carbocycles. The quantitative estimate of drug-likeness (QED) is 0.618. The Morgan fingerprint density at radius 1 is 1.27 bits per heavy atom. The maximum Gasteiger partial charge on any atom is 0.318 e. The molecule has 0 spiro atoms. The van der Waals surface area contributed by atoms with Gasteiger partial charge in [0.15, 0.2) is 0 Å². The number of amides is 3. The minimum absolute atomic E-state index is 0.224. The van der Waals surface area contributed by atoms with Crippen molar-refractivity contribution in [2.24, 2.45) is 0 Å². The van der Waals surface area contributed by atoms with Crippen molar-refractivity contribution in [2.45, 2.75) is 6.04 Å². The fourth-order valence-electron chi connectivity index (χ4n) is 1.85. The highest BCUT2D eigenvalue weighted by atomic mass is 16.6. The summed E-state index contributed by atoms with van der Waals surface area (Å²) in [5.41, 5.74) is 2.84. The van der Waals surface area contributed by atoms with Gasteiger partial charge in [0, 0.05) is 7.05 Å². The number of urea groups is 1. The summed E-state index contributed by atoms with van der Waals surface area (Å²) in [5, 5.41) is 12.0. The third kappa shape index (κ3) is 4.90. The van der Waals surface area contributed by atoms with E-state index < -0.39 is 18.0 Å². The van der Waals surface area contributed by atoms with Gasteiger partial charge in [0.1, 0.15) is 12.3 Å². The molecule has 1 rings (SSSR count). The molecule has 1 unspecified atom stereocenters. The predicted molar refractivity (Wildman–Crippen MR) is 79.1 cm³/mol. The van der Waals surface area contributed by atoms with E-state index in [1.165, 1.54) is 19.1 Å².